The second-order valence-electron chi connectivity index (χ2n) is 5.55. The van der Waals surface area contributed by atoms with E-state index >= 15 is 0 Å². The quantitative estimate of drug-likeness (QED) is 0.875. The van der Waals surface area contributed by atoms with Crippen molar-refractivity contribution in [1.82, 2.24) is 10.3 Å². The second kappa shape index (κ2) is 7.00. The Morgan fingerprint density at radius 3 is 2.90 bits per heavy atom. The largest absolute Gasteiger partial charge is 0.312 e. The molecule has 1 aliphatic heterocycles. The molecule has 114 valence electrons. The summed E-state index contributed by atoms with van der Waals surface area (Å²) in [5.41, 5.74) is 1.02. The van der Waals surface area contributed by atoms with Gasteiger partial charge in [-0.2, -0.15) is 0 Å². The van der Waals surface area contributed by atoms with E-state index in [0.29, 0.717) is 5.75 Å². The smallest absolute Gasteiger partial charge is 0.154 e. The van der Waals surface area contributed by atoms with E-state index in [1.54, 1.807) is 11.3 Å². The topological polar surface area (TPSA) is 59.1 Å². The van der Waals surface area contributed by atoms with E-state index in [2.05, 4.69) is 17.2 Å². The molecule has 2 rings (SSSR count). The van der Waals surface area contributed by atoms with Crippen LogP contribution >= 0.6 is 11.3 Å². The van der Waals surface area contributed by atoms with Crippen LogP contribution in [0.2, 0.25) is 0 Å². The number of thiazole rings is 1. The molecule has 0 bridgehead atoms. The summed E-state index contributed by atoms with van der Waals surface area (Å²) in [5, 5.41) is 6.26. The van der Waals surface area contributed by atoms with Gasteiger partial charge in [0.1, 0.15) is 0 Å². The zero-order chi connectivity index (χ0) is 14.6. The summed E-state index contributed by atoms with van der Waals surface area (Å²) in [6.45, 7) is 4.94. The zero-order valence-electron chi connectivity index (χ0n) is 12.3. The van der Waals surface area contributed by atoms with Gasteiger partial charge in [-0.3, -0.25) is 0 Å². The monoisotopic (exact) mass is 316 g/mol. The molecule has 4 nitrogen and oxygen atoms in total. The van der Waals surface area contributed by atoms with E-state index in [-0.39, 0.29) is 11.3 Å². The number of aromatic nitrogens is 1. The highest BCUT2D eigenvalue weighted by Gasteiger charge is 2.35. The fraction of sp³-hybridized carbons (Fsp3) is 0.786. The minimum absolute atomic E-state index is 0.00537. The lowest BCUT2D eigenvalue weighted by Gasteiger charge is -2.30. The van der Waals surface area contributed by atoms with Gasteiger partial charge in [-0.1, -0.05) is 13.3 Å². The Hall–Kier alpha value is -0.460. The summed E-state index contributed by atoms with van der Waals surface area (Å²) in [4.78, 5) is 4.48. The zero-order valence-corrected chi connectivity index (χ0v) is 13.9. The molecule has 2 heterocycles. The van der Waals surface area contributed by atoms with Crippen molar-refractivity contribution in [2.75, 3.05) is 12.3 Å². The van der Waals surface area contributed by atoms with Crippen LogP contribution in [0.15, 0.2) is 5.38 Å². The van der Waals surface area contributed by atoms with Gasteiger partial charge in [0, 0.05) is 23.5 Å². The number of hydrogen-bond acceptors (Lipinski definition) is 5. The van der Waals surface area contributed by atoms with Gasteiger partial charge in [-0.15, -0.1) is 11.3 Å². The van der Waals surface area contributed by atoms with E-state index in [4.69, 9.17) is 0 Å². The highest BCUT2D eigenvalue weighted by atomic mass is 32.2. The van der Waals surface area contributed by atoms with Crippen molar-refractivity contribution in [1.29, 1.82) is 0 Å². The fourth-order valence-corrected chi connectivity index (χ4v) is 5.74. The maximum absolute atomic E-state index is 12.3. The van der Waals surface area contributed by atoms with Crippen molar-refractivity contribution < 1.29 is 8.42 Å². The SMILES string of the molecule is CCCNC(Cc1nc(C)cs1)C1CCCCS1(=O)=O. The molecule has 0 radical (unpaired) electrons. The van der Waals surface area contributed by atoms with Crippen molar-refractivity contribution in [3.8, 4) is 0 Å². The maximum Gasteiger partial charge on any atom is 0.154 e. The lowest BCUT2D eigenvalue weighted by atomic mass is 10.0. The highest BCUT2D eigenvalue weighted by molar-refractivity contribution is 7.92. The molecule has 6 heteroatoms. The Morgan fingerprint density at radius 2 is 2.30 bits per heavy atom. The summed E-state index contributed by atoms with van der Waals surface area (Å²) >= 11 is 1.63. The van der Waals surface area contributed by atoms with Crippen LogP contribution in [0.4, 0.5) is 0 Å². The van der Waals surface area contributed by atoms with Crippen LogP contribution in [0.3, 0.4) is 0 Å². The molecule has 1 N–H and O–H groups in total. The number of rotatable bonds is 6. The summed E-state index contributed by atoms with van der Waals surface area (Å²) < 4.78 is 24.6. The molecule has 2 atom stereocenters. The molecule has 1 aromatic heterocycles. The summed E-state index contributed by atoms with van der Waals surface area (Å²) in [7, 11) is -2.95. The van der Waals surface area contributed by atoms with Gasteiger partial charge in [-0.25, -0.2) is 13.4 Å². The Morgan fingerprint density at radius 1 is 1.50 bits per heavy atom. The van der Waals surface area contributed by atoms with Crippen LogP contribution in [0, 0.1) is 6.92 Å². The van der Waals surface area contributed by atoms with Crippen LogP contribution in [0.5, 0.6) is 0 Å². The minimum atomic E-state index is -2.95. The molecule has 0 saturated carbocycles. The number of hydrogen-bond donors (Lipinski definition) is 1. The van der Waals surface area contributed by atoms with Crippen molar-refractivity contribution in [2.45, 2.75) is 57.2 Å². The van der Waals surface area contributed by atoms with E-state index in [1.807, 2.05) is 12.3 Å². The average Bonchev–Trinajstić information content (AvgIpc) is 2.80. The fourth-order valence-electron chi connectivity index (χ4n) is 2.78. The van der Waals surface area contributed by atoms with Gasteiger partial charge in [0.05, 0.1) is 16.0 Å². The Labute approximate surface area is 125 Å². The number of nitrogens with one attached hydrogen (secondary N) is 1. The molecular weight excluding hydrogens is 292 g/mol. The first kappa shape index (κ1) is 15.9. The third-order valence-corrected chi connectivity index (χ3v) is 7.13. The highest BCUT2D eigenvalue weighted by Crippen LogP contribution is 2.25. The maximum atomic E-state index is 12.3. The van der Waals surface area contributed by atoms with Gasteiger partial charge >= 0.3 is 0 Å². The van der Waals surface area contributed by atoms with Crippen molar-refractivity contribution in [3.05, 3.63) is 16.1 Å². The predicted octanol–water partition coefficient (Wildman–Crippen LogP) is 2.33. The standard InChI is InChI=1S/C14H24N2O2S2/c1-3-7-15-12(9-14-16-11(2)10-19-14)13-6-4-5-8-20(13,17)18/h10,12-13,15H,3-9H2,1-2H3. The molecule has 0 spiro atoms. The third kappa shape index (κ3) is 4.02. The molecule has 1 aliphatic rings. The lowest BCUT2D eigenvalue weighted by molar-refractivity contribution is 0.433. The lowest BCUT2D eigenvalue weighted by Crippen LogP contribution is -2.48. The molecule has 2 unspecified atom stereocenters. The average molecular weight is 316 g/mol. The summed E-state index contributed by atoms with van der Waals surface area (Å²) in [6, 6.07) is 0.00537. The predicted molar refractivity (Wildman–Crippen MR) is 84.1 cm³/mol. The third-order valence-electron chi connectivity index (χ3n) is 3.80. The number of nitrogens with zero attached hydrogens (tertiary/aromatic N) is 1. The van der Waals surface area contributed by atoms with Crippen LogP contribution in [0.1, 0.15) is 43.3 Å². The van der Waals surface area contributed by atoms with Crippen molar-refractivity contribution in [3.63, 3.8) is 0 Å². The first-order valence-electron chi connectivity index (χ1n) is 7.39. The van der Waals surface area contributed by atoms with Crippen LogP contribution < -0.4 is 5.32 Å². The Bertz CT molecular complexity index is 525. The van der Waals surface area contributed by atoms with Gasteiger partial charge in [0.25, 0.3) is 0 Å². The van der Waals surface area contributed by atoms with E-state index < -0.39 is 9.84 Å². The van der Waals surface area contributed by atoms with E-state index in [1.165, 1.54) is 0 Å². The molecule has 0 aromatic carbocycles. The minimum Gasteiger partial charge on any atom is -0.312 e. The summed E-state index contributed by atoms with van der Waals surface area (Å²) in [5.74, 6) is 0.346. The summed E-state index contributed by atoms with van der Waals surface area (Å²) in [6.07, 6.45) is 4.36. The Balaban J connectivity index is 2.13. The van der Waals surface area contributed by atoms with Crippen molar-refractivity contribution >= 4 is 21.2 Å². The Kier molecular flexibility index (Phi) is 5.57. The first-order chi connectivity index (χ1) is 9.53. The normalized spacial score (nSPS) is 23.6. The molecule has 1 aromatic rings. The molecule has 1 saturated heterocycles. The number of aryl methyl sites for hydroxylation is 1. The molecule has 1 fully saturated rings. The molecular formula is C14H24N2O2S2. The van der Waals surface area contributed by atoms with Gasteiger partial charge in [-0.05, 0) is 32.7 Å². The van der Waals surface area contributed by atoms with Crippen molar-refractivity contribution in [2.24, 2.45) is 0 Å². The second-order valence-corrected chi connectivity index (χ2v) is 8.83. The van der Waals surface area contributed by atoms with Gasteiger partial charge < -0.3 is 5.32 Å². The molecule has 20 heavy (non-hydrogen) atoms. The van der Waals surface area contributed by atoms with E-state index in [0.717, 1.165) is 49.4 Å². The van der Waals surface area contributed by atoms with Gasteiger partial charge in [0.15, 0.2) is 9.84 Å². The molecule has 0 aliphatic carbocycles. The van der Waals surface area contributed by atoms with Crippen LogP contribution in [-0.2, 0) is 16.3 Å². The van der Waals surface area contributed by atoms with E-state index in [9.17, 15) is 8.42 Å². The number of sulfone groups is 1. The van der Waals surface area contributed by atoms with Crippen LogP contribution in [0.25, 0.3) is 0 Å². The van der Waals surface area contributed by atoms with Gasteiger partial charge in [0.2, 0.25) is 0 Å². The molecule has 0 amide bonds. The first-order valence-corrected chi connectivity index (χ1v) is 9.98. The van der Waals surface area contributed by atoms with Crippen LogP contribution in [-0.4, -0.2) is 37.0 Å².